The van der Waals surface area contributed by atoms with Crippen molar-refractivity contribution >= 4 is 62.4 Å². The number of aryl methyl sites for hydroxylation is 3. The number of aliphatic hydroxyl groups excluding tert-OH is 2. The third-order valence-electron chi connectivity index (χ3n) is 8.28. The van der Waals surface area contributed by atoms with E-state index in [2.05, 4.69) is 6.58 Å². The Kier molecular flexibility index (Phi) is 10.3. The molecule has 234 valence electrons. The van der Waals surface area contributed by atoms with Gasteiger partial charge in [-0.2, -0.15) is 0 Å². The first-order valence-corrected chi connectivity index (χ1v) is 14.5. The van der Waals surface area contributed by atoms with Gasteiger partial charge in [0.05, 0.1) is 36.0 Å². The van der Waals surface area contributed by atoms with E-state index in [1.54, 1.807) is 24.3 Å². The van der Waals surface area contributed by atoms with Gasteiger partial charge in [-0.3, -0.25) is 9.59 Å². The van der Waals surface area contributed by atoms with Crippen LogP contribution in [0.3, 0.4) is 0 Å². The molecule has 2 aliphatic heterocycles. The maximum atomic E-state index is 11.6. The van der Waals surface area contributed by atoms with Gasteiger partial charge in [0.2, 0.25) is 0 Å². The summed E-state index contributed by atoms with van der Waals surface area (Å²) in [7, 11) is 0. The number of nitrogens with zero attached hydrogens (tertiary/aromatic N) is 4. The Hall–Kier alpha value is -4.28. The van der Waals surface area contributed by atoms with Crippen LogP contribution in [-0.2, 0) is 33.1 Å². The molecule has 11 heteroatoms. The molecule has 5 heterocycles. The quantitative estimate of drug-likeness (QED) is 0.221. The van der Waals surface area contributed by atoms with Gasteiger partial charge in [0.1, 0.15) is 0 Å². The number of rotatable bonds is 10. The largest absolute Gasteiger partial charge is 2.00 e. The van der Waals surface area contributed by atoms with Gasteiger partial charge in [-0.25, -0.2) is 9.97 Å². The van der Waals surface area contributed by atoms with Crippen LogP contribution in [0.25, 0.3) is 50.4 Å². The van der Waals surface area contributed by atoms with E-state index in [1.165, 1.54) is 0 Å². The van der Waals surface area contributed by atoms with Gasteiger partial charge in [-0.05, 0) is 49.8 Å². The van der Waals surface area contributed by atoms with Crippen molar-refractivity contribution in [2.24, 2.45) is 0 Å². The topological polar surface area (TPSA) is 169 Å². The van der Waals surface area contributed by atoms with Gasteiger partial charge in [0, 0.05) is 24.0 Å². The minimum Gasteiger partial charge on any atom is -0.657 e. The van der Waals surface area contributed by atoms with Crippen molar-refractivity contribution in [1.82, 2.24) is 19.9 Å². The molecule has 0 amide bonds. The molecule has 2 aliphatic rings. The van der Waals surface area contributed by atoms with Gasteiger partial charge in [-0.15, -0.1) is 22.1 Å². The molecule has 3 aromatic rings. The molecule has 0 fully saturated rings. The average Bonchev–Trinajstić information content (AvgIpc) is 3.67. The van der Waals surface area contributed by atoms with Crippen LogP contribution >= 0.6 is 0 Å². The molecular weight excluding hydrogens is 616 g/mol. The minimum absolute atomic E-state index is 0. The molecule has 0 aliphatic carbocycles. The summed E-state index contributed by atoms with van der Waals surface area (Å²) in [5.74, 6) is -1.93. The Labute approximate surface area is 270 Å². The first-order chi connectivity index (χ1) is 21.1. The third kappa shape index (κ3) is 6.43. The first kappa shape index (κ1) is 33.6. The number of hydrogen-bond acceptors (Lipinski definition) is 6. The molecule has 5 rings (SSSR count). The molecule has 0 radical (unpaired) electrons. The van der Waals surface area contributed by atoms with E-state index >= 15 is 0 Å². The number of aliphatic hydroxyl groups is 2. The smallest absolute Gasteiger partial charge is 0.657 e. The Morgan fingerprint density at radius 3 is 1.76 bits per heavy atom. The molecule has 0 atom stereocenters. The number of carboxylic acids is 2. The number of carboxylic acid groups (broad SMARTS) is 2. The number of fused-ring (bicyclic) bond motifs is 8. The van der Waals surface area contributed by atoms with Crippen molar-refractivity contribution in [3.05, 3.63) is 75.9 Å². The van der Waals surface area contributed by atoms with Gasteiger partial charge < -0.3 is 30.4 Å². The normalized spacial score (nSPS) is 12.8. The van der Waals surface area contributed by atoms with E-state index in [4.69, 9.17) is 19.9 Å². The summed E-state index contributed by atoms with van der Waals surface area (Å²) in [5.41, 5.74) is 10.3. The molecule has 0 spiro atoms. The number of hydrogen-bond donors (Lipinski definition) is 4. The molecule has 45 heavy (non-hydrogen) atoms. The summed E-state index contributed by atoms with van der Waals surface area (Å²) in [5, 5.41) is 39.8. The fourth-order valence-electron chi connectivity index (χ4n) is 5.95. The predicted molar refractivity (Wildman–Crippen MR) is 169 cm³/mol. The van der Waals surface area contributed by atoms with Crippen LogP contribution in [0.2, 0.25) is 0 Å². The van der Waals surface area contributed by atoms with Gasteiger partial charge >= 0.3 is 29.0 Å². The van der Waals surface area contributed by atoms with E-state index in [-0.39, 0.29) is 56.0 Å². The third-order valence-corrected chi connectivity index (χ3v) is 8.28. The van der Waals surface area contributed by atoms with E-state index in [1.807, 2.05) is 26.8 Å². The average molecular weight is 651 g/mol. The molecule has 3 aromatic heterocycles. The molecule has 0 unspecified atom stereocenters. The van der Waals surface area contributed by atoms with Crippen molar-refractivity contribution in [1.29, 1.82) is 0 Å². The Morgan fingerprint density at radius 2 is 1.20 bits per heavy atom. The first-order valence-electron chi connectivity index (χ1n) is 14.5. The summed E-state index contributed by atoms with van der Waals surface area (Å²) in [6.45, 7) is 9.20. The number of allylic oxidation sites excluding steroid dienone is 2. The van der Waals surface area contributed by atoms with Crippen LogP contribution < -0.4 is 9.97 Å². The second-order valence-corrected chi connectivity index (χ2v) is 10.8. The van der Waals surface area contributed by atoms with Crippen LogP contribution in [0.1, 0.15) is 77.6 Å². The molecule has 4 N–H and O–H groups in total. The zero-order chi connectivity index (χ0) is 31.7. The van der Waals surface area contributed by atoms with E-state index < -0.39 is 11.9 Å². The zero-order valence-electron chi connectivity index (χ0n) is 25.3. The zero-order valence-corrected chi connectivity index (χ0v) is 26.4. The maximum Gasteiger partial charge on any atom is 2.00 e. The fourth-order valence-corrected chi connectivity index (χ4v) is 5.95. The SMILES string of the molecule is C=Cc1c(C)c2cc3nc(cc4[n-]c(cc5nc(cc1[n-]2)C(CO)=C5CCC(=O)O)c(CCC(=O)O)c4C)C(CO)=C3CC.[Fe+2]. The molecule has 10 nitrogen and oxygen atoms in total. The Balaban J connectivity index is 0.00000461. The van der Waals surface area contributed by atoms with E-state index in [0.29, 0.717) is 68.0 Å². The fraction of sp³-hybridized carbons (Fsp3) is 0.294. The summed E-state index contributed by atoms with van der Waals surface area (Å²) in [6, 6.07) is 7.18. The predicted octanol–water partition coefficient (Wildman–Crippen LogP) is 4.93. The van der Waals surface area contributed by atoms with Crippen LogP contribution in [0.5, 0.6) is 0 Å². The summed E-state index contributed by atoms with van der Waals surface area (Å²) >= 11 is 0. The Bertz CT molecular complexity index is 1930. The van der Waals surface area contributed by atoms with Crippen molar-refractivity contribution in [2.75, 3.05) is 13.2 Å². The summed E-state index contributed by atoms with van der Waals surface area (Å²) < 4.78 is 0. The summed E-state index contributed by atoms with van der Waals surface area (Å²) in [4.78, 5) is 42.6. The van der Waals surface area contributed by atoms with Crippen molar-refractivity contribution in [2.45, 2.75) is 52.9 Å². The van der Waals surface area contributed by atoms with E-state index in [0.717, 1.165) is 27.8 Å². The number of aliphatic carboxylic acids is 2. The van der Waals surface area contributed by atoms with Gasteiger partial charge in [0.15, 0.2) is 0 Å². The van der Waals surface area contributed by atoms with Crippen molar-refractivity contribution in [3.8, 4) is 0 Å². The number of carbonyl (C=O) groups is 2. The molecule has 0 aromatic carbocycles. The molecule has 0 saturated carbocycles. The second-order valence-electron chi connectivity index (χ2n) is 10.8. The standard InChI is InChI=1S/C34H36N4O6.Fe/c1-5-19-17(3)25-11-28-20(6-2)23(15-39)31(37-28)12-26-18(4)21(7-9-33(41)42)29(36-26)14-30-22(8-10-34(43)44)24(16-40)32(38-30)13-27(19)35-25;/h5,11-14,39-40H,1,6-10,15-16H2,2-4H3,(H4,35,36,37,38,41,42,43,44);/q;+2/p-2. The summed E-state index contributed by atoms with van der Waals surface area (Å²) in [6.07, 6.45) is 2.40. The van der Waals surface area contributed by atoms with Crippen LogP contribution in [0.4, 0.5) is 0 Å². The maximum absolute atomic E-state index is 11.6. The Morgan fingerprint density at radius 1 is 0.733 bits per heavy atom. The van der Waals surface area contributed by atoms with Crippen molar-refractivity contribution < 1.29 is 47.1 Å². The molecule has 0 saturated heterocycles. The van der Waals surface area contributed by atoms with Crippen LogP contribution in [0, 0.1) is 13.8 Å². The van der Waals surface area contributed by atoms with Crippen molar-refractivity contribution in [3.63, 3.8) is 0 Å². The second kappa shape index (κ2) is 13.8. The minimum atomic E-state index is -0.985. The van der Waals surface area contributed by atoms with Gasteiger partial charge in [-0.1, -0.05) is 60.5 Å². The molecular formula is C34H34FeN4O6. The van der Waals surface area contributed by atoms with Crippen LogP contribution in [-0.4, -0.2) is 55.5 Å². The number of aromatic nitrogens is 4. The van der Waals surface area contributed by atoms with E-state index in [9.17, 15) is 30.0 Å². The van der Waals surface area contributed by atoms with Gasteiger partial charge in [0.25, 0.3) is 0 Å². The van der Waals surface area contributed by atoms with Crippen LogP contribution in [0.15, 0.2) is 30.8 Å². The molecule has 8 bridgehead atoms. The monoisotopic (exact) mass is 650 g/mol.